The second-order valence-electron chi connectivity index (χ2n) is 3.53. The summed E-state index contributed by atoms with van der Waals surface area (Å²) in [6.45, 7) is 0. The minimum atomic E-state index is -0.298. The van der Waals surface area contributed by atoms with Gasteiger partial charge >= 0.3 is 0 Å². The Bertz CT molecular complexity index is 497. The van der Waals surface area contributed by atoms with E-state index in [2.05, 4.69) is 6.08 Å². The highest BCUT2D eigenvalue weighted by atomic mass is 32.2. The molecular weight excluding hydrogens is 235 g/mol. The number of benzene rings is 1. The van der Waals surface area contributed by atoms with E-state index in [1.165, 1.54) is 12.1 Å². The van der Waals surface area contributed by atoms with Crippen molar-refractivity contribution in [2.75, 3.05) is 5.75 Å². The lowest BCUT2D eigenvalue weighted by molar-refractivity contribution is -0.103. The quantitative estimate of drug-likeness (QED) is 0.599. The van der Waals surface area contributed by atoms with Gasteiger partial charge in [0.25, 0.3) is 0 Å². The molecule has 1 aromatic carbocycles. The van der Waals surface area contributed by atoms with E-state index in [-0.39, 0.29) is 5.82 Å². The summed E-state index contributed by atoms with van der Waals surface area (Å²) < 4.78 is 12.8. The minimum Gasteiger partial charge on any atom is -0.298 e. The first kappa shape index (κ1) is 11.9. The number of halogens is 1. The Morgan fingerprint density at radius 3 is 2.65 bits per heavy atom. The van der Waals surface area contributed by atoms with Crippen molar-refractivity contribution in [3.63, 3.8) is 0 Å². The van der Waals surface area contributed by atoms with Crippen LogP contribution in [0.1, 0.15) is 5.56 Å². The molecule has 1 heterocycles. The first-order valence-corrected chi connectivity index (χ1v) is 6.20. The van der Waals surface area contributed by atoms with Gasteiger partial charge in [-0.05, 0) is 29.8 Å². The van der Waals surface area contributed by atoms with Crippen LogP contribution in [0.4, 0.5) is 4.39 Å². The molecule has 86 valence electrons. The SMILES string of the molecule is O=CC(=CC1=CC=CCS1)c1ccc(F)cc1. The predicted octanol–water partition coefficient (Wildman–Crippen LogP) is 3.59. The van der Waals surface area contributed by atoms with Crippen LogP contribution in [-0.4, -0.2) is 12.0 Å². The number of aldehydes is 1. The van der Waals surface area contributed by atoms with E-state index >= 15 is 0 Å². The predicted molar refractivity (Wildman–Crippen MR) is 70.1 cm³/mol. The smallest absolute Gasteiger partial charge is 0.150 e. The number of allylic oxidation sites excluding steroid dienone is 4. The average molecular weight is 246 g/mol. The molecule has 0 aromatic heterocycles. The van der Waals surface area contributed by atoms with E-state index in [1.54, 1.807) is 23.9 Å². The van der Waals surface area contributed by atoms with Crippen molar-refractivity contribution >= 4 is 23.6 Å². The molecule has 17 heavy (non-hydrogen) atoms. The highest BCUT2D eigenvalue weighted by Crippen LogP contribution is 2.24. The lowest BCUT2D eigenvalue weighted by Gasteiger charge is -2.05. The van der Waals surface area contributed by atoms with Crippen molar-refractivity contribution in [3.8, 4) is 0 Å². The highest BCUT2D eigenvalue weighted by molar-refractivity contribution is 8.03. The van der Waals surface area contributed by atoms with Crippen molar-refractivity contribution in [1.82, 2.24) is 0 Å². The molecule has 0 atom stereocenters. The Hall–Kier alpha value is -1.61. The normalized spacial score (nSPS) is 15.6. The number of carbonyl (C=O) groups excluding carboxylic acids is 1. The maximum Gasteiger partial charge on any atom is 0.150 e. The number of thioether (sulfide) groups is 1. The Labute approximate surface area is 104 Å². The summed E-state index contributed by atoms with van der Waals surface area (Å²) >= 11 is 1.67. The lowest BCUT2D eigenvalue weighted by Crippen LogP contribution is -1.89. The summed E-state index contributed by atoms with van der Waals surface area (Å²) in [7, 11) is 0. The Morgan fingerprint density at radius 2 is 2.06 bits per heavy atom. The molecular formula is C14H11FOS. The van der Waals surface area contributed by atoms with E-state index < -0.39 is 0 Å². The number of rotatable bonds is 3. The topological polar surface area (TPSA) is 17.1 Å². The molecule has 0 amide bonds. The van der Waals surface area contributed by atoms with Crippen LogP contribution in [0.2, 0.25) is 0 Å². The monoisotopic (exact) mass is 246 g/mol. The van der Waals surface area contributed by atoms with Crippen molar-refractivity contribution in [3.05, 3.63) is 64.9 Å². The lowest BCUT2D eigenvalue weighted by atomic mass is 10.1. The zero-order chi connectivity index (χ0) is 12.1. The van der Waals surface area contributed by atoms with E-state index in [9.17, 15) is 9.18 Å². The third-order valence-electron chi connectivity index (χ3n) is 2.35. The molecule has 1 aliphatic rings. The second-order valence-corrected chi connectivity index (χ2v) is 4.63. The van der Waals surface area contributed by atoms with Gasteiger partial charge in [-0.15, -0.1) is 11.8 Å². The Kier molecular flexibility index (Phi) is 3.94. The molecule has 0 unspecified atom stereocenters. The van der Waals surface area contributed by atoms with Gasteiger partial charge in [0.05, 0.1) is 0 Å². The zero-order valence-electron chi connectivity index (χ0n) is 9.10. The fraction of sp³-hybridized carbons (Fsp3) is 0.0714. The Balaban J connectivity index is 2.29. The van der Waals surface area contributed by atoms with E-state index in [0.717, 1.165) is 22.5 Å². The third kappa shape index (κ3) is 3.17. The molecule has 0 N–H and O–H groups in total. The van der Waals surface area contributed by atoms with Gasteiger partial charge in [-0.3, -0.25) is 4.79 Å². The molecule has 1 nitrogen and oxygen atoms in total. The molecule has 0 saturated carbocycles. The molecule has 3 heteroatoms. The summed E-state index contributed by atoms with van der Waals surface area (Å²) in [6.07, 6.45) is 8.61. The van der Waals surface area contributed by atoms with Crippen molar-refractivity contribution < 1.29 is 9.18 Å². The molecule has 0 aliphatic carbocycles. The first-order valence-electron chi connectivity index (χ1n) is 5.22. The van der Waals surface area contributed by atoms with Gasteiger partial charge in [0, 0.05) is 16.2 Å². The third-order valence-corrected chi connectivity index (χ3v) is 3.29. The van der Waals surface area contributed by atoms with Gasteiger partial charge in [0.2, 0.25) is 0 Å². The van der Waals surface area contributed by atoms with Gasteiger partial charge in [-0.2, -0.15) is 0 Å². The van der Waals surface area contributed by atoms with Crippen LogP contribution >= 0.6 is 11.8 Å². The van der Waals surface area contributed by atoms with Crippen LogP contribution in [0.25, 0.3) is 5.57 Å². The fourth-order valence-corrected chi connectivity index (χ4v) is 2.27. The van der Waals surface area contributed by atoms with Gasteiger partial charge in [-0.25, -0.2) is 4.39 Å². The molecule has 0 radical (unpaired) electrons. The second kappa shape index (κ2) is 5.64. The number of carbonyl (C=O) groups is 1. The standard InChI is InChI=1S/C14H11FOS/c15-13-6-4-11(5-7-13)12(10-16)9-14-3-1-2-8-17-14/h1-7,9-10H,8H2. The van der Waals surface area contributed by atoms with Crippen LogP contribution in [0.3, 0.4) is 0 Å². The summed E-state index contributed by atoms with van der Waals surface area (Å²) in [4.78, 5) is 12.1. The molecule has 0 spiro atoms. The Morgan fingerprint density at radius 1 is 1.29 bits per heavy atom. The van der Waals surface area contributed by atoms with Crippen LogP contribution in [0.5, 0.6) is 0 Å². The average Bonchev–Trinajstić information content (AvgIpc) is 2.38. The fourth-order valence-electron chi connectivity index (χ4n) is 1.48. The van der Waals surface area contributed by atoms with Crippen LogP contribution in [-0.2, 0) is 4.79 Å². The van der Waals surface area contributed by atoms with Crippen molar-refractivity contribution in [1.29, 1.82) is 0 Å². The van der Waals surface area contributed by atoms with Gasteiger partial charge in [-0.1, -0.05) is 24.3 Å². The summed E-state index contributed by atoms with van der Waals surface area (Å²) in [5, 5.41) is 0. The number of hydrogen-bond donors (Lipinski definition) is 0. The van der Waals surface area contributed by atoms with Crippen molar-refractivity contribution in [2.24, 2.45) is 0 Å². The molecule has 0 fully saturated rings. The molecule has 1 aliphatic heterocycles. The van der Waals surface area contributed by atoms with Gasteiger partial charge in [0.15, 0.2) is 6.29 Å². The van der Waals surface area contributed by atoms with Gasteiger partial charge in [0.1, 0.15) is 5.82 Å². The van der Waals surface area contributed by atoms with Crippen LogP contribution < -0.4 is 0 Å². The largest absolute Gasteiger partial charge is 0.298 e. The summed E-state index contributed by atoms with van der Waals surface area (Å²) in [6, 6.07) is 5.93. The van der Waals surface area contributed by atoms with Crippen LogP contribution in [0, 0.1) is 5.82 Å². The summed E-state index contributed by atoms with van der Waals surface area (Å²) in [5.41, 5.74) is 1.30. The van der Waals surface area contributed by atoms with Gasteiger partial charge < -0.3 is 0 Å². The highest BCUT2D eigenvalue weighted by Gasteiger charge is 2.03. The molecule has 2 rings (SSSR count). The molecule has 0 saturated heterocycles. The van der Waals surface area contributed by atoms with E-state index in [0.29, 0.717) is 5.57 Å². The van der Waals surface area contributed by atoms with Crippen LogP contribution in [0.15, 0.2) is 53.5 Å². The first-order chi connectivity index (χ1) is 8.29. The maximum atomic E-state index is 12.8. The van der Waals surface area contributed by atoms with E-state index in [4.69, 9.17) is 0 Å². The maximum absolute atomic E-state index is 12.8. The van der Waals surface area contributed by atoms with Crippen molar-refractivity contribution in [2.45, 2.75) is 0 Å². The molecule has 1 aromatic rings. The molecule has 0 bridgehead atoms. The minimum absolute atomic E-state index is 0.298. The number of hydrogen-bond acceptors (Lipinski definition) is 2. The summed E-state index contributed by atoms with van der Waals surface area (Å²) in [5.74, 6) is 0.617. The van der Waals surface area contributed by atoms with E-state index in [1.807, 2.05) is 18.2 Å². The zero-order valence-corrected chi connectivity index (χ0v) is 9.91.